The number of nitrogen functional groups attached to an aromatic ring is 1. The molecule has 0 aliphatic rings. The van der Waals surface area contributed by atoms with Gasteiger partial charge >= 0.3 is 0 Å². The molecule has 2 N–H and O–H groups in total. The Hall–Kier alpha value is -3.21. The van der Waals surface area contributed by atoms with Gasteiger partial charge in [-0.05, 0) is 35.9 Å². The average molecular weight is 397 g/mol. The molecule has 0 aliphatic heterocycles. The van der Waals surface area contributed by atoms with Crippen molar-refractivity contribution in [1.82, 2.24) is 39.7 Å². The van der Waals surface area contributed by atoms with Gasteiger partial charge in [0.05, 0.1) is 12.9 Å². The topological polar surface area (TPSA) is 122 Å². The van der Waals surface area contributed by atoms with Crippen molar-refractivity contribution in [3.63, 3.8) is 0 Å². The second-order valence-corrected chi connectivity index (χ2v) is 6.91. The molecule has 0 fully saturated rings. The summed E-state index contributed by atoms with van der Waals surface area (Å²) in [6, 6.07) is 7.71. The smallest absolute Gasteiger partial charge is 0.214 e. The van der Waals surface area contributed by atoms with E-state index in [2.05, 4.69) is 30.5 Å². The highest BCUT2D eigenvalue weighted by molar-refractivity contribution is 7.99. The normalized spacial score (nSPS) is 11.2. The first-order chi connectivity index (χ1) is 13.8. The summed E-state index contributed by atoms with van der Waals surface area (Å²) in [5.41, 5.74) is 8.03. The molecule has 0 saturated heterocycles. The van der Waals surface area contributed by atoms with Crippen LogP contribution in [-0.2, 0) is 6.54 Å². The Morgan fingerprint density at radius 3 is 2.96 bits per heavy atom. The number of aryl methyl sites for hydroxylation is 1. The van der Waals surface area contributed by atoms with Crippen LogP contribution in [0.5, 0.6) is 5.75 Å². The molecule has 0 bridgehead atoms. The molecular formula is C17H19N9OS. The molecule has 0 spiro atoms. The maximum Gasteiger partial charge on any atom is 0.214 e. The van der Waals surface area contributed by atoms with Crippen LogP contribution in [0, 0.1) is 0 Å². The molecule has 4 aromatic rings. The number of imidazole rings is 1. The number of rotatable bonds is 8. The lowest BCUT2D eigenvalue weighted by Crippen LogP contribution is -2.04. The van der Waals surface area contributed by atoms with Crippen molar-refractivity contribution in [1.29, 1.82) is 0 Å². The number of aromatic nitrogens is 8. The van der Waals surface area contributed by atoms with Crippen LogP contribution in [0.3, 0.4) is 0 Å². The predicted octanol–water partition coefficient (Wildman–Crippen LogP) is 1.97. The molecular weight excluding hydrogens is 378 g/mol. The Balaban J connectivity index is 1.42. The van der Waals surface area contributed by atoms with E-state index >= 15 is 0 Å². The molecule has 10 nitrogen and oxygen atoms in total. The average Bonchev–Trinajstić information content (AvgIpc) is 3.34. The van der Waals surface area contributed by atoms with Crippen LogP contribution in [0.2, 0.25) is 0 Å². The van der Waals surface area contributed by atoms with Gasteiger partial charge in [0.15, 0.2) is 11.5 Å². The van der Waals surface area contributed by atoms with Crippen molar-refractivity contribution in [2.45, 2.75) is 25.0 Å². The molecule has 144 valence electrons. The number of nitrogens with two attached hydrogens (primary N) is 1. The van der Waals surface area contributed by atoms with Gasteiger partial charge in [-0.15, -0.1) is 5.10 Å². The van der Waals surface area contributed by atoms with Gasteiger partial charge in [0.2, 0.25) is 5.16 Å². The zero-order valence-electron chi connectivity index (χ0n) is 15.3. The summed E-state index contributed by atoms with van der Waals surface area (Å²) in [6.07, 6.45) is 4.08. The molecule has 0 aliphatic carbocycles. The maximum atomic E-state index is 5.83. The van der Waals surface area contributed by atoms with E-state index in [0.717, 1.165) is 35.8 Å². The Labute approximate surface area is 165 Å². The number of thioether (sulfide) groups is 1. The van der Waals surface area contributed by atoms with Gasteiger partial charge in [0, 0.05) is 12.3 Å². The fourth-order valence-electron chi connectivity index (χ4n) is 2.79. The predicted molar refractivity (Wildman–Crippen MR) is 105 cm³/mol. The number of nitrogens with zero attached hydrogens (tertiary/aromatic N) is 8. The van der Waals surface area contributed by atoms with Crippen molar-refractivity contribution in [3.8, 4) is 11.4 Å². The van der Waals surface area contributed by atoms with Crippen molar-refractivity contribution in [3.05, 3.63) is 36.9 Å². The molecule has 11 heteroatoms. The van der Waals surface area contributed by atoms with Gasteiger partial charge in [0.25, 0.3) is 0 Å². The highest BCUT2D eigenvalue weighted by atomic mass is 32.2. The van der Waals surface area contributed by atoms with Gasteiger partial charge in [-0.2, -0.15) is 4.68 Å². The number of fused-ring (bicyclic) bond motifs is 1. The lowest BCUT2D eigenvalue weighted by atomic mass is 10.3. The zero-order chi connectivity index (χ0) is 19.3. The van der Waals surface area contributed by atoms with E-state index in [9.17, 15) is 0 Å². The molecule has 3 aromatic heterocycles. The molecule has 3 heterocycles. The molecule has 0 amide bonds. The highest BCUT2D eigenvalue weighted by Gasteiger charge is 2.13. The molecule has 0 atom stereocenters. The second kappa shape index (κ2) is 8.21. The summed E-state index contributed by atoms with van der Waals surface area (Å²) in [5, 5.41) is 12.8. The van der Waals surface area contributed by atoms with Gasteiger partial charge < -0.3 is 15.0 Å². The minimum Gasteiger partial charge on any atom is -0.492 e. The first-order valence-electron chi connectivity index (χ1n) is 8.82. The third kappa shape index (κ3) is 3.60. The monoisotopic (exact) mass is 397 g/mol. The van der Waals surface area contributed by atoms with Gasteiger partial charge in [-0.1, -0.05) is 23.9 Å². The van der Waals surface area contributed by atoms with Crippen LogP contribution >= 0.6 is 11.8 Å². The summed E-state index contributed by atoms with van der Waals surface area (Å²) >= 11 is 1.59. The van der Waals surface area contributed by atoms with Gasteiger partial charge in [-0.3, -0.25) is 0 Å². The number of tetrazole rings is 1. The minimum absolute atomic E-state index is 0.394. The molecule has 28 heavy (non-hydrogen) atoms. The first kappa shape index (κ1) is 18.2. The van der Waals surface area contributed by atoms with Crippen LogP contribution < -0.4 is 10.5 Å². The lowest BCUT2D eigenvalue weighted by Gasteiger charge is -2.10. The van der Waals surface area contributed by atoms with Crippen molar-refractivity contribution in [2.24, 2.45) is 0 Å². The molecule has 0 radical (unpaired) electrons. The Bertz CT molecular complexity index is 1080. The highest BCUT2D eigenvalue weighted by Crippen LogP contribution is 2.26. The quantitative estimate of drug-likeness (QED) is 0.351. The van der Waals surface area contributed by atoms with E-state index in [1.165, 1.54) is 6.33 Å². The van der Waals surface area contributed by atoms with Crippen LogP contribution in [0.1, 0.15) is 13.3 Å². The van der Waals surface area contributed by atoms with Crippen LogP contribution in [0.4, 0.5) is 5.82 Å². The van der Waals surface area contributed by atoms with E-state index in [1.807, 2.05) is 35.8 Å². The molecule has 0 saturated carbocycles. The number of hydrogen-bond donors (Lipinski definition) is 1. The van der Waals surface area contributed by atoms with Crippen LogP contribution in [-0.4, -0.2) is 52.1 Å². The zero-order valence-corrected chi connectivity index (χ0v) is 16.1. The summed E-state index contributed by atoms with van der Waals surface area (Å²) in [7, 11) is 0. The number of anilines is 1. The largest absolute Gasteiger partial charge is 0.492 e. The third-order valence-corrected chi connectivity index (χ3v) is 5.04. The van der Waals surface area contributed by atoms with Gasteiger partial charge in [0.1, 0.15) is 23.3 Å². The standard InChI is InChI=1S/C17H19N9OS/c1-2-27-13-7-4-3-6-12(13)26-17(22-23-24-26)28-9-5-8-25-11-21-14-15(18)19-10-20-16(14)25/h3-4,6-7,10-11H,2,5,8-9H2,1H3,(H2,18,19,20). The van der Waals surface area contributed by atoms with Crippen LogP contribution in [0.15, 0.2) is 42.1 Å². The van der Waals surface area contributed by atoms with Crippen molar-refractivity contribution >= 4 is 28.7 Å². The first-order valence-corrected chi connectivity index (χ1v) is 9.81. The van der Waals surface area contributed by atoms with Crippen LogP contribution in [0.25, 0.3) is 16.9 Å². The summed E-state index contributed by atoms with van der Waals surface area (Å²) in [6.45, 7) is 3.29. The summed E-state index contributed by atoms with van der Waals surface area (Å²) < 4.78 is 9.36. The Morgan fingerprint density at radius 1 is 1.18 bits per heavy atom. The summed E-state index contributed by atoms with van der Waals surface area (Å²) in [5.74, 6) is 1.98. The Kier molecular flexibility index (Phi) is 5.33. The minimum atomic E-state index is 0.394. The third-order valence-electron chi connectivity index (χ3n) is 4.04. The van der Waals surface area contributed by atoms with Crippen molar-refractivity contribution in [2.75, 3.05) is 18.1 Å². The van der Waals surface area contributed by atoms with Crippen molar-refractivity contribution < 1.29 is 4.74 Å². The van der Waals surface area contributed by atoms with E-state index in [-0.39, 0.29) is 0 Å². The number of benzene rings is 1. The lowest BCUT2D eigenvalue weighted by molar-refractivity contribution is 0.337. The second-order valence-electron chi connectivity index (χ2n) is 5.85. The SMILES string of the molecule is CCOc1ccccc1-n1nnnc1SCCCn1cnc2c(N)ncnc21. The molecule has 1 aromatic carbocycles. The number of para-hydroxylation sites is 2. The summed E-state index contributed by atoms with van der Waals surface area (Å²) in [4.78, 5) is 12.5. The van der Waals surface area contributed by atoms with E-state index < -0.39 is 0 Å². The molecule has 4 rings (SSSR count). The number of ether oxygens (including phenoxy) is 1. The van der Waals surface area contributed by atoms with Gasteiger partial charge in [-0.25, -0.2) is 15.0 Å². The molecule has 0 unspecified atom stereocenters. The van der Waals surface area contributed by atoms with E-state index in [1.54, 1.807) is 22.8 Å². The number of hydrogen-bond acceptors (Lipinski definition) is 9. The maximum absolute atomic E-state index is 5.83. The Morgan fingerprint density at radius 2 is 2.07 bits per heavy atom. The fourth-order valence-corrected chi connectivity index (χ4v) is 3.60. The van der Waals surface area contributed by atoms with E-state index in [0.29, 0.717) is 23.1 Å². The van der Waals surface area contributed by atoms with E-state index in [4.69, 9.17) is 10.5 Å². The fraction of sp³-hybridized carbons (Fsp3) is 0.294.